The molecule has 0 bridgehead atoms. The fourth-order valence-corrected chi connectivity index (χ4v) is 4.91. The molecule has 4 heterocycles. The summed E-state index contributed by atoms with van der Waals surface area (Å²) in [5, 5.41) is 56.3. The number of benzene rings is 1. The fourth-order valence-electron chi connectivity index (χ4n) is 4.71. The van der Waals surface area contributed by atoms with Gasteiger partial charge in [0, 0.05) is 24.2 Å². The summed E-state index contributed by atoms with van der Waals surface area (Å²) in [6, 6.07) is 3.89. The highest BCUT2D eigenvalue weighted by molar-refractivity contribution is 6.30. The maximum absolute atomic E-state index is 12.1. The number of amides is 1. The molecule has 41 heavy (non-hydrogen) atoms. The first kappa shape index (κ1) is 29.3. The Morgan fingerprint density at radius 1 is 1.10 bits per heavy atom. The third-order valence-corrected chi connectivity index (χ3v) is 7.25. The Hall–Kier alpha value is -3.19. The van der Waals surface area contributed by atoms with E-state index in [-0.39, 0.29) is 13.2 Å². The first-order valence-corrected chi connectivity index (χ1v) is 13.0. The van der Waals surface area contributed by atoms with E-state index in [0.29, 0.717) is 33.3 Å². The highest BCUT2D eigenvalue weighted by atomic mass is 35.5. The van der Waals surface area contributed by atoms with Crippen LogP contribution in [0.4, 0.5) is 5.82 Å². The second-order valence-corrected chi connectivity index (χ2v) is 10.1. The van der Waals surface area contributed by atoms with Crippen molar-refractivity contribution in [2.45, 2.75) is 61.7 Å². The number of nitrogens with zero attached hydrogens (tertiary/aromatic N) is 4. The number of nitrogens with one attached hydrogen (secondary N) is 2. The lowest BCUT2D eigenvalue weighted by Crippen LogP contribution is -2.58. The molecular weight excluding hydrogens is 566 g/mol. The number of fused-ring (bicyclic) bond motifs is 1. The zero-order valence-corrected chi connectivity index (χ0v) is 22.4. The Kier molecular flexibility index (Phi) is 8.55. The number of anilines is 1. The minimum absolute atomic E-state index is 0.152. The SMILES string of the molecule is CNC(=O)[C@H]1O[C@@H](n2cnc3c(NCc4cc(Cl)ccc4OCC4OC(O)C(O)C(O)C4O)ncnc32)[C@H](O)[C@@H]1N. The summed E-state index contributed by atoms with van der Waals surface area (Å²) in [6.45, 7) is -0.0964. The molecule has 0 aliphatic carbocycles. The molecule has 9 atom stereocenters. The van der Waals surface area contributed by atoms with Crippen molar-refractivity contribution < 1.29 is 44.5 Å². The summed E-state index contributed by atoms with van der Waals surface area (Å²) in [4.78, 5) is 25.0. The molecule has 2 saturated heterocycles. The van der Waals surface area contributed by atoms with Crippen LogP contribution in [-0.4, -0.2) is 114 Å². The van der Waals surface area contributed by atoms with Gasteiger partial charge in [-0.05, 0) is 18.2 Å². The first-order valence-electron chi connectivity index (χ1n) is 12.6. The molecule has 9 N–H and O–H groups in total. The molecule has 2 aliphatic heterocycles. The van der Waals surface area contributed by atoms with Crippen molar-refractivity contribution >= 4 is 34.5 Å². The van der Waals surface area contributed by atoms with Crippen LogP contribution in [0, 0.1) is 0 Å². The van der Waals surface area contributed by atoms with Crippen molar-refractivity contribution in [2.24, 2.45) is 5.73 Å². The molecule has 0 saturated carbocycles. The van der Waals surface area contributed by atoms with Crippen LogP contribution >= 0.6 is 11.6 Å². The lowest BCUT2D eigenvalue weighted by atomic mass is 9.99. The normalized spacial score (nSPS) is 31.8. The van der Waals surface area contributed by atoms with E-state index in [1.54, 1.807) is 18.2 Å². The first-order chi connectivity index (χ1) is 19.6. The van der Waals surface area contributed by atoms with Gasteiger partial charge in [0.15, 0.2) is 35.6 Å². The number of ether oxygens (including phenoxy) is 3. The van der Waals surface area contributed by atoms with E-state index in [0.717, 1.165) is 0 Å². The Balaban J connectivity index is 1.31. The summed E-state index contributed by atoms with van der Waals surface area (Å²) in [7, 11) is 1.44. The number of hydrogen-bond donors (Lipinski definition) is 8. The average molecular weight is 596 g/mol. The smallest absolute Gasteiger partial charge is 0.250 e. The summed E-state index contributed by atoms with van der Waals surface area (Å²) < 4.78 is 18.2. The molecule has 17 heteroatoms. The Bertz CT molecular complexity index is 1400. The molecular formula is C24H30ClN7O9. The number of aliphatic hydroxyl groups is 5. The number of carbonyl (C=O) groups is 1. The molecule has 2 aliphatic rings. The second kappa shape index (κ2) is 12.0. The lowest BCUT2D eigenvalue weighted by Gasteiger charge is -2.38. The van der Waals surface area contributed by atoms with Crippen LogP contribution in [0.25, 0.3) is 11.2 Å². The van der Waals surface area contributed by atoms with Gasteiger partial charge in [0.1, 0.15) is 49.2 Å². The predicted molar refractivity (Wildman–Crippen MR) is 140 cm³/mol. The molecule has 5 rings (SSSR count). The predicted octanol–water partition coefficient (Wildman–Crippen LogP) is -2.40. The number of imidazole rings is 1. The number of nitrogens with two attached hydrogens (primary N) is 1. The topological polar surface area (TPSA) is 240 Å². The Labute approximate surface area is 237 Å². The molecule has 2 aromatic heterocycles. The third kappa shape index (κ3) is 5.66. The standard InChI is InChI=1S/C24H30ClN7O9/c1-27-22(37)19-13(26)16(34)23(41-19)32-8-31-14-20(29-7-30-21(14)32)28-5-9-4-10(25)2-3-11(9)39-6-12-15(33)17(35)18(36)24(38)40-12/h2-4,7-8,12-13,15-19,23-24,33-36,38H,5-6,26H2,1H3,(H,27,37)(H,28,29,30)/t12?,13-,15?,16+,17?,18?,19-,23+,24?/m0/s1. The summed E-state index contributed by atoms with van der Waals surface area (Å²) >= 11 is 6.21. The van der Waals surface area contributed by atoms with Crippen LogP contribution in [0.15, 0.2) is 30.9 Å². The van der Waals surface area contributed by atoms with E-state index in [9.17, 15) is 30.3 Å². The van der Waals surface area contributed by atoms with Crippen LogP contribution in [-0.2, 0) is 20.8 Å². The number of carbonyl (C=O) groups excluding carboxylic acids is 1. The number of aliphatic hydroxyl groups excluding tert-OH is 5. The molecule has 2 fully saturated rings. The van der Waals surface area contributed by atoms with Crippen LogP contribution in [0.3, 0.4) is 0 Å². The molecule has 5 unspecified atom stereocenters. The second-order valence-electron chi connectivity index (χ2n) is 9.63. The van der Waals surface area contributed by atoms with Crippen molar-refractivity contribution in [2.75, 3.05) is 19.0 Å². The highest BCUT2D eigenvalue weighted by Crippen LogP contribution is 2.32. The summed E-state index contributed by atoms with van der Waals surface area (Å²) in [6.07, 6.45) is -8.13. The molecule has 1 amide bonds. The minimum Gasteiger partial charge on any atom is -0.490 e. The number of aromatic nitrogens is 4. The molecule has 3 aromatic rings. The van der Waals surface area contributed by atoms with E-state index < -0.39 is 61.1 Å². The average Bonchev–Trinajstić information content (AvgIpc) is 3.53. The van der Waals surface area contributed by atoms with E-state index in [4.69, 9.17) is 31.5 Å². The third-order valence-electron chi connectivity index (χ3n) is 7.02. The van der Waals surface area contributed by atoms with Crippen molar-refractivity contribution in [1.82, 2.24) is 24.8 Å². The van der Waals surface area contributed by atoms with Gasteiger partial charge in [-0.3, -0.25) is 9.36 Å². The maximum atomic E-state index is 12.1. The van der Waals surface area contributed by atoms with Crippen molar-refractivity contribution in [3.63, 3.8) is 0 Å². The van der Waals surface area contributed by atoms with Gasteiger partial charge in [-0.25, -0.2) is 15.0 Å². The van der Waals surface area contributed by atoms with Gasteiger partial charge < -0.3 is 56.1 Å². The maximum Gasteiger partial charge on any atom is 0.250 e. The van der Waals surface area contributed by atoms with Gasteiger partial charge >= 0.3 is 0 Å². The van der Waals surface area contributed by atoms with Crippen LogP contribution in [0.1, 0.15) is 11.8 Å². The van der Waals surface area contributed by atoms with Gasteiger partial charge in [0.2, 0.25) is 0 Å². The Morgan fingerprint density at radius 2 is 1.88 bits per heavy atom. The summed E-state index contributed by atoms with van der Waals surface area (Å²) in [5.41, 5.74) is 7.27. The summed E-state index contributed by atoms with van der Waals surface area (Å²) in [5.74, 6) is 0.237. The largest absolute Gasteiger partial charge is 0.490 e. The van der Waals surface area contributed by atoms with Gasteiger partial charge in [0.25, 0.3) is 5.91 Å². The number of rotatable bonds is 8. The van der Waals surface area contributed by atoms with Crippen molar-refractivity contribution in [3.05, 3.63) is 41.4 Å². The number of hydrogen-bond acceptors (Lipinski definition) is 14. The Morgan fingerprint density at radius 3 is 2.63 bits per heavy atom. The number of halogens is 1. The molecule has 0 spiro atoms. The van der Waals surface area contributed by atoms with Gasteiger partial charge in [-0.15, -0.1) is 0 Å². The van der Waals surface area contributed by atoms with Crippen molar-refractivity contribution in [3.8, 4) is 5.75 Å². The lowest BCUT2D eigenvalue weighted by molar-refractivity contribution is -0.285. The van der Waals surface area contributed by atoms with Gasteiger partial charge in [0.05, 0.1) is 12.4 Å². The van der Waals surface area contributed by atoms with Crippen molar-refractivity contribution in [1.29, 1.82) is 0 Å². The quantitative estimate of drug-likeness (QED) is 0.135. The zero-order chi connectivity index (χ0) is 29.4. The fraction of sp³-hybridized carbons (Fsp3) is 0.500. The molecule has 1 aromatic carbocycles. The molecule has 16 nitrogen and oxygen atoms in total. The van der Waals surface area contributed by atoms with Crippen LogP contribution in [0.2, 0.25) is 5.02 Å². The van der Waals surface area contributed by atoms with E-state index >= 15 is 0 Å². The van der Waals surface area contributed by atoms with E-state index in [1.165, 1.54) is 24.3 Å². The van der Waals surface area contributed by atoms with Crippen LogP contribution in [0.5, 0.6) is 5.75 Å². The van der Waals surface area contributed by atoms with Gasteiger partial charge in [-0.2, -0.15) is 0 Å². The van der Waals surface area contributed by atoms with Crippen LogP contribution < -0.4 is 21.1 Å². The molecule has 222 valence electrons. The number of likely N-dealkylation sites (N-methyl/N-ethyl adjacent to an activating group) is 1. The zero-order valence-electron chi connectivity index (χ0n) is 21.6. The minimum atomic E-state index is -1.69. The molecule has 0 radical (unpaired) electrons. The van der Waals surface area contributed by atoms with Gasteiger partial charge in [-0.1, -0.05) is 11.6 Å². The van der Waals surface area contributed by atoms with E-state index in [1.807, 2.05) is 0 Å². The monoisotopic (exact) mass is 595 g/mol. The van der Waals surface area contributed by atoms with E-state index in [2.05, 4.69) is 25.6 Å². The highest BCUT2D eigenvalue weighted by Gasteiger charge is 2.46.